The van der Waals surface area contributed by atoms with Crippen LogP contribution in [0.25, 0.3) is 0 Å². The first kappa shape index (κ1) is 12.3. The molecule has 0 unspecified atom stereocenters. The summed E-state index contributed by atoms with van der Waals surface area (Å²) in [4.78, 5) is 0. The topological polar surface area (TPSA) is 37.9 Å². The van der Waals surface area contributed by atoms with Crippen molar-refractivity contribution in [2.45, 2.75) is 13.3 Å². The fourth-order valence-corrected chi connectivity index (χ4v) is 1.81. The van der Waals surface area contributed by atoms with E-state index >= 15 is 0 Å². The first-order valence-electron chi connectivity index (χ1n) is 5.24. The van der Waals surface area contributed by atoms with Crippen molar-refractivity contribution in [3.8, 4) is 5.75 Å². The number of halogens is 2. The standard InChI is InChI=1S/C12H12Cl2N2O/c1-8-7-9(16-15-8)5-6-17-11-4-2-3-10(13)12(11)14/h2-4,7H,5-6H2,1H3,(H,15,16). The van der Waals surface area contributed by atoms with Crippen LogP contribution in [0, 0.1) is 6.92 Å². The second-order valence-electron chi connectivity index (χ2n) is 3.69. The number of H-pyrrole nitrogens is 1. The van der Waals surface area contributed by atoms with E-state index < -0.39 is 0 Å². The van der Waals surface area contributed by atoms with E-state index in [1.54, 1.807) is 12.1 Å². The van der Waals surface area contributed by atoms with Gasteiger partial charge in [0.2, 0.25) is 0 Å². The lowest BCUT2D eigenvalue weighted by Gasteiger charge is -2.07. The molecule has 90 valence electrons. The van der Waals surface area contributed by atoms with Gasteiger partial charge in [-0.1, -0.05) is 29.3 Å². The molecule has 0 aliphatic heterocycles. The van der Waals surface area contributed by atoms with Crippen molar-refractivity contribution < 1.29 is 4.74 Å². The Morgan fingerprint density at radius 3 is 2.88 bits per heavy atom. The van der Waals surface area contributed by atoms with Crippen molar-refractivity contribution in [1.29, 1.82) is 0 Å². The largest absolute Gasteiger partial charge is 0.492 e. The summed E-state index contributed by atoms with van der Waals surface area (Å²) in [6, 6.07) is 7.32. The predicted octanol–water partition coefficient (Wildman–Crippen LogP) is 3.65. The number of aromatic amines is 1. The molecule has 1 aromatic carbocycles. The van der Waals surface area contributed by atoms with E-state index in [0.29, 0.717) is 22.4 Å². The SMILES string of the molecule is Cc1cc(CCOc2cccc(Cl)c2Cl)n[nH]1. The maximum absolute atomic E-state index is 6.00. The molecule has 0 saturated heterocycles. The Morgan fingerprint density at radius 2 is 2.18 bits per heavy atom. The van der Waals surface area contributed by atoms with Crippen LogP contribution in [0.2, 0.25) is 10.0 Å². The lowest BCUT2D eigenvalue weighted by Crippen LogP contribution is -2.02. The summed E-state index contributed by atoms with van der Waals surface area (Å²) in [5.74, 6) is 0.603. The Balaban J connectivity index is 1.92. The van der Waals surface area contributed by atoms with E-state index in [2.05, 4.69) is 10.2 Å². The van der Waals surface area contributed by atoms with Gasteiger partial charge in [0, 0.05) is 12.1 Å². The molecule has 5 heteroatoms. The Labute approximate surface area is 110 Å². The zero-order valence-corrected chi connectivity index (χ0v) is 10.8. The molecule has 0 radical (unpaired) electrons. The van der Waals surface area contributed by atoms with Crippen LogP contribution in [0.5, 0.6) is 5.75 Å². The third-order valence-corrected chi connectivity index (χ3v) is 3.09. The second-order valence-corrected chi connectivity index (χ2v) is 4.48. The molecule has 0 aliphatic carbocycles. The van der Waals surface area contributed by atoms with Crippen LogP contribution in [0.3, 0.4) is 0 Å². The summed E-state index contributed by atoms with van der Waals surface area (Å²) in [6.45, 7) is 2.48. The quantitative estimate of drug-likeness (QED) is 0.921. The van der Waals surface area contributed by atoms with Gasteiger partial charge in [0.1, 0.15) is 10.8 Å². The molecule has 0 bridgehead atoms. The summed E-state index contributed by atoms with van der Waals surface area (Å²) >= 11 is 11.9. The van der Waals surface area contributed by atoms with Gasteiger partial charge in [0.25, 0.3) is 0 Å². The normalized spacial score (nSPS) is 10.5. The van der Waals surface area contributed by atoms with Crippen LogP contribution >= 0.6 is 23.2 Å². The van der Waals surface area contributed by atoms with Crippen LogP contribution < -0.4 is 4.74 Å². The number of aryl methyl sites for hydroxylation is 1. The molecular weight excluding hydrogens is 259 g/mol. The van der Waals surface area contributed by atoms with E-state index in [1.807, 2.05) is 19.1 Å². The number of nitrogens with one attached hydrogen (secondary N) is 1. The minimum Gasteiger partial charge on any atom is -0.492 e. The van der Waals surface area contributed by atoms with Crippen molar-refractivity contribution in [2.24, 2.45) is 0 Å². The lowest BCUT2D eigenvalue weighted by atomic mass is 10.3. The van der Waals surface area contributed by atoms with Gasteiger partial charge >= 0.3 is 0 Å². The number of benzene rings is 1. The van der Waals surface area contributed by atoms with Crippen LogP contribution in [-0.2, 0) is 6.42 Å². The number of ether oxygens (including phenoxy) is 1. The van der Waals surface area contributed by atoms with Gasteiger partial charge in [-0.25, -0.2) is 0 Å². The fourth-order valence-electron chi connectivity index (χ4n) is 1.46. The van der Waals surface area contributed by atoms with Gasteiger partial charge in [0.05, 0.1) is 17.3 Å². The number of hydrogen-bond acceptors (Lipinski definition) is 2. The van der Waals surface area contributed by atoms with Crippen molar-refractivity contribution in [2.75, 3.05) is 6.61 Å². The molecule has 2 rings (SSSR count). The molecule has 0 aliphatic rings. The third kappa shape index (κ3) is 3.14. The monoisotopic (exact) mass is 270 g/mol. The Hall–Kier alpha value is -1.19. The molecular formula is C12H12Cl2N2O. The van der Waals surface area contributed by atoms with Crippen LogP contribution in [0.1, 0.15) is 11.4 Å². The number of hydrogen-bond donors (Lipinski definition) is 1. The van der Waals surface area contributed by atoms with E-state index in [4.69, 9.17) is 27.9 Å². The molecule has 0 fully saturated rings. The van der Waals surface area contributed by atoms with Crippen molar-refractivity contribution in [3.05, 3.63) is 45.7 Å². The maximum atomic E-state index is 6.00. The summed E-state index contributed by atoms with van der Waals surface area (Å²) in [5, 5.41) is 7.96. The molecule has 1 aromatic heterocycles. The second kappa shape index (κ2) is 5.43. The fraction of sp³-hybridized carbons (Fsp3) is 0.250. The highest BCUT2D eigenvalue weighted by molar-refractivity contribution is 6.42. The highest BCUT2D eigenvalue weighted by Gasteiger charge is 2.05. The highest BCUT2D eigenvalue weighted by atomic mass is 35.5. The van der Waals surface area contributed by atoms with Gasteiger partial charge < -0.3 is 4.74 Å². The molecule has 0 amide bonds. The molecule has 0 spiro atoms. The first-order valence-corrected chi connectivity index (χ1v) is 6.00. The summed E-state index contributed by atoms with van der Waals surface area (Å²) in [6.07, 6.45) is 0.729. The maximum Gasteiger partial charge on any atom is 0.139 e. The van der Waals surface area contributed by atoms with E-state index in [-0.39, 0.29) is 0 Å². The van der Waals surface area contributed by atoms with Crippen LogP contribution in [0.4, 0.5) is 0 Å². The number of rotatable bonds is 4. The molecule has 1 N–H and O–H groups in total. The summed E-state index contributed by atoms with van der Waals surface area (Å²) < 4.78 is 5.56. The molecule has 1 heterocycles. The van der Waals surface area contributed by atoms with Crippen LogP contribution in [-0.4, -0.2) is 16.8 Å². The Morgan fingerprint density at radius 1 is 1.35 bits per heavy atom. The summed E-state index contributed by atoms with van der Waals surface area (Å²) in [5.41, 5.74) is 2.02. The van der Waals surface area contributed by atoms with E-state index in [9.17, 15) is 0 Å². The minimum absolute atomic E-state index is 0.451. The van der Waals surface area contributed by atoms with Crippen molar-refractivity contribution in [1.82, 2.24) is 10.2 Å². The molecule has 3 nitrogen and oxygen atoms in total. The zero-order chi connectivity index (χ0) is 12.3. The summed E-state index contributed by atoms with van der Waals surface area (Å²) in [7, 11) is 0. The molecule has 0 saturated carbocycles. The van der Waals surface area contributed by atoms with Crippen LogP contribution in [0.15, 0.2) is 24.3 Å². The Kier molecular flexibility index (Phi) is 3.92. The van der Waals surface area contributed by atoms with Gasteiger partial charge in [0.15, 0.2) is 0 Å². The average molecular weight is 271 g/mol. The Bertz CT molecular complexity index is 511. The smallest absolute Gasteiger partial charge is 0.139 e. The molecule has 2 aromatic rings. The lowest BCUT2D eigenvalue weighted by molar-refractivity contribution is 0.320. The van der Waals surface area contributed by atoms with Gasteiger partial charge in [-0.15, -0.1) is 0 Å². The van der Waals surface area contributed by atoms with Gasteiger partial charge in [-0.2, -0.15) is 5.10 Å². The van der Waals surface area contributed by atoms with Gasteiger partial charge in [-0.3, -0.25) is 5.10 Å². The third-order valence-electron chi connectivity index (χ3n) is 2.29. The minimum atomic E-state index is 0.451. The number of nitrogens with zero attached hydrogens (tertiary/aromatic N) is 1. The van der Waals surface area contributed by atoms with E-state index in [1.165, 1.54) is 0 Å². The predicted molar refractivity (Wildman–Crippen MR) is 69.0 cm³/mol. The highest BCUT2D eigenvalue weighted by Crippen LogP contribution is 2.31. The van der Waals surface area contributed by atoms with Crippen molar-refractivity contribution >= 4 is 23.2 Å². The average Bonchev–Trinajstić information content (AvgIpc) is 2.70. The van der Waals surface area contributed by atoms with E-state index in [0.717, 1.165) is 17.8 Å². The molecule has 17 heavy (non-hydrogen) atoms. The number of aromatic nitrogens is 2. The zero-order valence-electron chi connectivity index (χ0n) is 9.34. The molecule has 0 atom stereocenters. The first-order chi connectivity index (χ1) is 8.16. The van der Waals surface area contributed by atoms with Gasteiger partial charge in [-0.05, 0) is 25.1 Å². The van der Waals surface area contributed by atoms with Crippen molar-refractivity contribution in [3.63, 3.8) is 0 Å².